The van der Waals surface area contributed by atoms with E-state index in [9.17, 15) is 0 Å². The number of benzene rings is 2. The van der Waals surface area contributed by atoms with Gasteiger partial charge in [-0.2, -0.15) is 0 Å². The first-order valence-corrected chi connectivity index (χ1v) is 7.42. The summed E-state index contributed by atoms with van der Waals surface area (Å²) in [5, 5.41) is 1.31. The van der Waals surface area contributed by atoms with E-state index in [1.807, 2.05) is 35.8 Å². The number of rotatable bonds is 1. The normalized spacial score (nSPS) is 11.2. The van der Waals surface area contributed by atoms with Crippen molar-refractivity contribution in [2.24, 2.45) is 0 Å². The first kappa shape index (κ1) is 13.7. The summed E-state index contributed by atoms with van der Waals surface area (Å²) in [6.45, 7) is 1.95. The molecule has 2 N–H and O–H groups in total. The zero-order valence-electron chi connectivity index (χ0n) is 10.5. The number of imidazole rings is 1. The molecule has 0 saturated heterocycles. The van der Waals surface area contributed by atoms with Crippen LogP contribution in [-0.4, -0.2) is 9.55 Å². The molecule has 3 nitrogen and oxygen atoms in total. The molecule has 0 aliphatic rings. The molecule has 3 rings (SSSR count). The molecule has 2 aromatic carbocycles. The maximum atomic E-state index is 6.21. The SMILES string of the molecule is Cc1cc(Br)c(-n2c(N)nc3cc(Cl)ccc32)cc1Cl. The Kier molecular flexibility index (Phi) is 3.40. The van der Waals surface area contributed by atoms with Crippen molar-refractivity contribution < 1.29 is 0 Å². The number of fused-ring (bicyclic) bond motifs is 1. The highest BCUT2D eigenvalue weighted by molar-refractivity contribution is 9.10. The lowest BCUT2D eigenvalue weighted by Gasteiger charge is -2.11. The molecule has 0 saturated carbocycles. The maximum absolute atomic E-state index is 6.21. The van der Waals surface area contributed by atoms with Crippen LogP contribution in [0.4, 0.5) is 5.95 Å². The fourth-order valence-electron chi connectivity index (χ4n) is 2.13. The van der Waals surface area contributed by atoms with Gasteiger partial charge >= 0.3 is 0 Å². The van der Waals surface area contributed by atoms with Gasteiger partial charge in [-0.3, -0.25) is 4.57 Å². The number of aromatic nitrogens is 2. The average Bonchev–Trinajstić information content (AvgIpc) is 2.69. The number of anilines is 1. The van der Waals surface area contributed by atoms with Crippen LogP contribution in [0.25, 0.3) is 16.7 Å². The van der Waals surface area contributed by atoms with E-state index >= 15 is 0 Å². The summed E-state index contributed by atoms with van der Waals surface area (Å²) < 4.78 is 2.75. The molecule has 0 unspecified atom stereocenters. The second-order valence-electron chi connectivity index (χ2n) is 4.49. The van der Waals surface area contributed by atoms with Crippen molar-refractivity contribution in [1.29, 1.82) is 0 Å². The quantitative estimate of drug-likeness (QED) is 0.656. The number of nitrogens with zero attached hydrogens (tertiary/aromatic N) is 2. The highest BCUT2D eigenvalue weighted by Gasteiger charge is 2.14. The lowest BCUT2D eigenvalue weighted by Crippen LogP contribution is -2.02. The first-order chi connectivity index (χ1) is 9.47. The van der Waals surface area contributed by atoms with Gasteiger partial charge in [-0.25, -0.2) is 4.98 Å². The van der Waals surface area contributed by atoms with E-state index in [1.165, 1.54) is 0 Å². The van der Waals surface area contributed by atoms with Crippen LogP contribution in [0.15, 0.2) is 34.8 Å². The van der Waals surface area contributed by atoms with E-state index < -0.39 is 0 Å². The van der Waals surface area contributed by atoms with Crippen LogP contribution in [0.1, 0.15) is 5.56 Å². The van der Waals surface area contributed by atoms with Crippen molar-refractivity contribution in [2.75, 3.05) is 5.73 Å². The molecular formula is C14H10BrCl2N3. The molecule has 3 aromatic rings. The zero-order chi connectivity index (χ0) is 14.4. The Labute approximate surface area is 134 Å². The molecule has 20 heavy (non-hydrogen) atoms. The van der Waals surface area contributed by atoms with E-state index in [-0.39, 0.29) is 0 Å². The Morgan fingerprint density at radius 3 is 2.70 bits per heavy atom. The lowest BCUT2D eigenvalue weighted by atomic mass is 10.2. The molecule has 0 fully saturated rings. The minimum atomic E-state index is 0.392. The van der Waals surface area contributed by atoms with Gasteiger partial charge in [-0.1, -0.05) is 23.2 Å². The van der Waals surface area contributed by atoms with Crippen molar-refractivity contribution in [1.82, 2.24) is 9.55 Å². The van der Waals surface area contributed by atoms with Gasteiger partial charge < -0.3 is 5.73 Å². The summed E-state index contributed by atoms with van der Waals surface area (Å²) in [5.41, 5.74) is 9.51. The summed E-state index contributed by atoms with van der Waals surface area (Å²) in [6.07, 6.45) is 0. The third-order valence-electron chi connectivity index (χ3n) is 3.11. The second kappa shape index (κ2) is 4.95. The van der Waals surface area contributed by atoms with Gasteiger partial charge in [0, 0.05) is 14.5 Å². The van der Waals surface area contributed by atoms with Crippen molar-refractivity contribution in [2.45, 2.75) is 6.92 Å². The molecule has 1 heterocycles. The molecule has 1 aromatic heterocycles. The Morgan fingerprint density at radius 1 is 1.20 bits per heavy atom. The molecule has 0 amide bonds. The van der Waals surface area contributed by atoms with Crippen LogP contribution < -0.4 is 5.73 Å². The van der Waals surface area contributed by atoms with Crippen molar-refractivity contribution in [3.05, 3.63) is 50.4 Å². The van der Waals surface area contributed by atoms with Gasteiger partial charge in [0.05, 0.1) is 16.7 Å². The number of nitrogens with two attached hydrogens (primary N) is 1. The van der Waals surface area contributed by atoms with E-state index in [0.29, 0.717) is 16.0 Å². The highest BCUT2D eigenvalue weighted by Crippen LogP contribution is 2.32. The Morgan fingerprint density at radius 2 is 1.95 bits per heavy atom. The van der Waals surface area contributed by atoms with E-state index in [0.717, 1.165) is 26.8 Å². The van der Waals surface area contributed by atoms with Crippen LogP contribution in [-0.2, 0) is 0 Å². The van der Waals surface area contributed by atoms with Gasteiger partial charge in [0.1, 0.15) is 0 Å². The molecule has 0 spiro atoms. The van der Waals surface area contributed by atoms with Gasteiger partial charge in [-0.15, -0.1) is 0 Å². The number of aryl methyl sites for hydroxylation is 1. The summed E-state index contributed by atoms with van der Waals surface area (Å²) in [4.78, 5) is 4.34. The van der Waals surface area contributed by atoms with Crippen LogP contribution in [0.5, 0.6) is 0 Å². The summed E-state index contributed by atoms with van der Waals surface area (Å²) in [7, 11) is 0. The molecule has 0 radical (unpaired) electrons. The standard InChI is InChI=1S/C14H10BrCl2N3/c1-7-4-9(15)13(6-10(7)17)20-12-3-2-8(16)5-11(12)19-14(20)18/h2-6H,1H3,(H2,18,19). The second-order valence-corrected chi connectivity index (χ2v) is 6.19. The Bertz CT molecular complexity index is 827. The Balaban J connectivity index is 2.35. The van der Waals surface area contributed by atoms with Crippen LogP contribution >= 0.6 is 39.1 Å². The predicted octanol–water partition coefficient (Wildman–Crippen LogP) is 4.99. The van der Waals surface area contributed by atoms with Crippen molar-refractivity contribution >= 4 is 56.1 Å². The smallest absolute Gasteiger partial charge is 0.205 e. The van der Waals surface area contributed by atoms with Gasteiger partial charge in [0.2, 0.25) is 5.95 Å². The van der Waals surface area contributed by atoms with Crippen LogP contribution in [0, 0.1) is 6.92 Å². The highest BCUT2D eigenvalue weighted by atomic mass is 79.9. The fraction of sp³-hybridized carbons (Fsp3) is 0.0714. The Hall–Kier alpha value is -1.23. The maximum Gasteiger partial charge on any atom is 0.205 e. The molecular weight excluding hydrogens is 361 g/mol. The molecule has 102 valence electrons. The third kappa shape index (κ3) is 2.18. The fourth-order valence-corrected chi connectivity index (χ4v) is 3.09. The van der Waals surface area contributed by atoms with E-state index in [2.05, 4.69) is 20.9 Å². The van der Waals surface area contributed by atoms with E-state index in [4.69, 9.17) is 28.9 Å². The molecule has 0 bridgehead atoms. The predicted molar refractivity (Wildman–Crippen MR) is 87.9 cm³/mol. The summed E-state index contributed by atoms with van der Waals surface area (Å²) >= 11 is 15.7. The van der Waals surface area contributed by atoms with Crippen LogP contribution in [0.2, 0.25) is 10.0 Å². The number of nitrogen functional groups attached to an aromatic ring is 1. The van der Waals surface area contributed by atoms with Crippen molar-refractivity contribution in [3.63, 3.8) is 0 Å². The van der Waals surface area contributed by atoms with Crippen LogP contribution in [0.3, 0.4) is 0 Å². The monoisotopic (exact) mass is 369 g/mol. The van der Waals surface area contributed by atoms with E-state index in [1.54, 1.807) is 6.07 Å². The minimum absolute atomic E-state index is 0.392. The van der Waals surface area contributed by atoms with Gasteiger partial charge in [0.25, 0.3) is 0 Å². The minimum Gasteiger partial charge on any atom is -0.369 e. The largest absolute Gasteiger partial charge is 0.369 e. The molecule has 6 heteroatoms. The topological polar surface area (TPSA) is 43.8 Å². The number of hydrogen-bond donors (Lipinski definition) is 1. The first-order valence-electron chi connectivity index (χ1n) is 5.87. The molecule has 0 atom stereocenters. The summed E-state index contributed by atoms with van der Waals surface area (Å²) in [5.74, 6) is 0.392. The lowest BCUT2D eigenvalue weighted by molar-refractivity contribution is 1.10. The van der Waals surface area contributed by atoms with Crippen molar-refractivity contribution in [3.8, 4) is 5.69 Å². The molecule has 0 aliphatic heterocycles. The zero-order valence-corrected chi connectivity index (χ0v) is 13.6. The average molecular weight is 371 g/mol. The summed E-state index contributed by atoms with van der Waals surface area (Å²) in [6, 6.07) is 9.31. The van der Waals surface area contributed by atoms with Gasteiger partial charge in [0.15, 0.2) is 0 Å². The van der Waals surface area contributed by atoms with Gasteiger partial charge in [-0.05, 0) is 58.7 Å². The number of hydrogen-bond acceptors (Lipinski definition) is 2. The number of halogens is 3. The molecule has 0 aliphatic carbocycles. The third-order valence-corrected chi connectivity index (χ3v) is 4.39.